The lowest BCUT2D eigenvalue weighted by atomic mass is 9.73. The van der Waals surface area contributed by atoms with Gasteiger partial charge in [0.15, 0.2) is 5.13 Å². The molecule has 0 amide bonds. The molecule has 0 unspecified atom stereocenters. The summed E-state index contributed by atoms with van der Waals surface area (Å²) < 4.78 is 31.1. The summed E-state index contributed by atoms with van der Waals surface area (Å²) in [6.45, 7) is 0. The van der Waals surface area contributed by atoms with Crippen LogP contribution in [0.25, 0.3) is 0 Å². The maximum atomic E-state index is 13.0. The molecule has 0 atom stereocenters. The van der Waals surface area contributed by atoms with Crippen LogP contribution in [0.2, 0.25) is 0 Å². The van der Waals surface area contributed by atoms with Crippen LogP contribution in [0, 0.1) is 0 Å². The molecule has 1 aromatic rings. The third kappa shape index (κ3) is 2.09. The minimum atomic E-state index is -2.66. The van der Waals surface area contributed by atoms with E-state index in [2.05, 4.69) is 4.98 Å². The van der Waals surface area contributed by atoms with E-state index in [4.69, 9.17) is 10.5 Å². The molecular weight excluding hydrogens is 248 g/mol. The van der Waals surface area contributed by atoms with Gasteiger partial charge >= 0.3 is 0 Å². The maximum absolute atomic E-state index is 13.0. The van der Waals surface area contributed by atoms with Crippen LogP contribution >= 0.6 is 11.3 Å². The van der Waals surface area contributed by atoms with Crippen molar-refractivity contribution in [2.45, 2.75) is 24.3 Å². The minimum Gasteiger partial charge on any atom is -0.480 e. The van der Waals surface area contributed by atoms with Gasteiger partial charge in [-0.3, -0.25) is 0 Å². The Morgan fingerprint density at radius 2 is 2.00 bits per heavy atom. The van der Waals surface area contributed by atoms with Gasteiger partial charge in [0.25, 0.3) is 5.92 Å². The van der Waals surface area contributed by atoms with Gasteiger partial charge in [-0.05, 0) is 0 Å². The predicted octanol–water partition coefficient (Wildman–Crippen LogP) is 1.80. The summed E-state index contributed by atoms with van der Waals surface area (Å²) >= 11 is 1.31. The van der Waals surface area contributed by atoms with Crippen molar-refractivity contribution in [1.29, 1.82) is 0 Å². The molecule has 2 rings (SSSR count). The number of aromatic nitrogens is 1. The second kappa shape index (κ2) is 3.78. The van der Waals surface area contributed by atoms with E-state index in [9.17, 15) is 8.78 Å². The van der Waals surface area contributed by atoms with Gasteiger partial charge in [0.05, 0.1) is 17.5 Å². The standard InChI is InChI=1S/C10H15F2N3OS/c1-15(2)8-14-7(16-3)6(17-8)9(13)4-10(11,12)5-9/h4-5,13H2,1-3H3. The molecule has 0 spiro atoms. The lowest BCUT2D eigenvalue weighted by molar-refractivity contribution is -0.124. The fraction of sp³-hybridized carbons (Fsp3) is 0.700. The molecule has 1 fully saturated rings. The number of methoxy groups -OCH3 is 1. The number of halogens is 2. The molecule has 0 aliphatic heterocycles. The van der Waals surface area contributed by atoms with Crippen molar-refractivity contribution in [3.8, 4) is 5.88 Å². The Bertz CT molecular complexity index is 425. The number of nitrogens with two attached hydrogens (primary N) is 1. The quantitative estimate of drug-likeness (QED) is 0.903. The molecule has 7 heteroatoms. The average Bonchev–Trinajstić information content (AvgIpc) is 2.58. The molecule has 17 heavy (non-hydrogen) atoms. The van der Waals surface area contributed by atoms with Crippen molar-refractivity contribution in [1.82, 2.24) is 4.98 Å². The molecule has 96 valence electrons. The van der Waals surface area contributed by atoms with Crippen molar-refractivity contribution in [3.63, 3.8) is 0 Å². The zero-order valence-electron chi connectivity index (χ0n) is 9.96. The highest BCUT2D eigenvalue weighted by atomic mass is 32.1. The summed E-state index contributed by atoms with van der Waals surface area (Å²) in [6.07, 6.45) is -0.684. The summed E-state index contributed by atoms with van der Waals surface area (Å²) in [5.74, 6) is -2.31. The van der Waals surface area contributed by atoms with Crippen LogP contribution in [0.15, 0.2) is 0 Å². The Morgan fingerprint density at radius 3 is 2.41 bits per heavy atom. The molecular formula is C10H15F2N3OS. The van der Waals surface area contributed by atoms with Gasteiger partial charge < -0.3 is 15.4 Å². The third-order valence-corrected chi connectivity index (χ3v) is 4.19. The first kappa shape index (κ1) is 12.5. The molecule has 2 N–H and O–H groups in total. The fourth-order valence-electron chi connectivity index (χ4n) is 1.97. The first-order valence-electron chi connectivity index (χ1n) is 5.17. The highest BCUT2D eigenvalue weighted by molar-refractivity contribution is 7.16. The molecule has 1 aromatic heterocycles. The first-order chi connectivity index (χ1) is 7.77. The second-order valence-electron chi connectivity index (χ2n) is 4.59. The molecule has 0 bridgehead atoms. The zero-order valence-corrected chi connectivity index (χ0v) is 10.8. The Kier molecular flexibility index (Phi) is 2.78. The SMILES string of the molecule is COc1nc(N(C)C)sc1C1(N)CC(F)(F)C1. The highest BCUT2D eigenvalue weighted by Gasteiger charge is 2.57. The van der Waals surface area contributed by atoms with E-state index in [1.165, 1.54) is 18.4 Å². The molecule has 0 saturated heterocycles. The van der Waals surface area contributed by atoms with Crippen molar-refractivity contribution >= 4 is 16.5 Å². The molecule has 4 nitrogen and oxygen atoms in total. The van der Waals surface area contributed by atoms with Crippen LogP contribution in [0.5, 0.6) is 5.88 Å². The van der Waals surface area contributed by atoms with E-state index < -0.39 is 11.5 Å². The predicted molar refractivity (Wildman–Crippen MR) is 63.0 cm³/mol. The smallest absolute Gasteiger partial charge is 0.252 e. The van der Waals surface area contributed by atoms with Gasteiger partial charge in [-0.25, -0.2) is 8.78 Å². The number of rotatable bonds is 3. The number of hydrogen-bond donors (Lipinski definition) is 1. The van der Waals surface area contributed by atoms with E-state index >= 15 is 0 Å². The Balaban J connectivity index is 2.32. The van der Waals surface area contributed by atoms with Crippen LogP contribution in [0.4, 0.5) is 13.9 Å². The van der Waals surface area contributed by atoms with E-state index in [-0.39, 0.29) is 12.8 Å². The van der Waals surface area contributed by atoms with E-state index in [1.807, 2.05) is 14.1 Å². The van der Waals surface area contributed by atoms with Gasteiger partial charge in [-0.2, -0.15) is 4.98 Å². The minimum absolute atomic E-state index is 0.342. The van der Waals surface area contributed by atoms with Gasteiger partial charge in [0, 0.05) is 26.9 Å². The summed E-state index contributed by atoms with van der Waals surface area (Å²) in [5, 5.41) is 0.705. The van der Waals surface area contributed by atoms with Crippen LogP contribution in [-0.4, -0.2) is 32.1 Å². The summed E-state index contributed by atoms with van der Waals surface area (Å²) in [4.78, 5) is 6.63. The molecule has 0 aromatic carbocycles. The number of anilines is 1. The van der Waals surface area contributed by atoms with E-state index in [0.29, 0.717) is 15.9 Å². The molecule has 1 aliphatic carbocycles. The van der Waals surface area contributed by atoms with Crippen molar-refractivity contribution in [2.24, 2.45) is 5.73 Å². The normalized spacial score (nSPS) is 20.8. The molecule has 1 aliphatic rings. The van der Waals surface area contributed by atoms with E-state index in [1.54, 1.807) is 4.90 Å². The van der Waals surface area contributed by atoms with Crippen molar-refractivity contribution in [3.05, 3.63) is 4.88 Å². The first-order valence-corrected chi connectivity index (χ1v) is 5.98. The zero-order chi connectivity index (χ0) is 12.8. The van der Waals surface area contributed by atoms with Gasteiger partial charge in [-0.1, -0.05) is 11.3 Å². The second-order valence-corrected chi connectivity index (χ2v) is 5.57. The van der Waals surface area contributed by atoms with Crippen LogP contribution in [-0.2, 0) is 5.54 Å². The Morgan fingerprint density at radius 1 is 1.41 bits per heavy atom. The molecule has 1 saturated carbocycles. The van der Waals surface area contributed by atoms with E-state index in [0.717, 1.165) is 0 Å². The van der Waals surface area contributed by atoms with Crippen LogP contribution < -0.4 is 15.4 Å². The highest BCUT2D eigenvalue weighted by Crippen LogP contribution is 2.54. The third-order valence-electron chi connectivity index (χ3n) is 2.76. The Hall–Kier alpha value is -0.950. The molecule has 1 heterocycles. The summed E-state index contributed by atoms with van der Waals surface area (Å²) in [7, 11) is 5.14. The topological polar surface area (TPSA) is 51.4 Å². The van der Waals surface area contributed by atoms with Gasteiger partial charge in [0.1, 0.15) is 0 Å². The Labute approximate surface area is 102 Å². The number of nitrogens with zero attached hydrogens (tertiary/aromatic N) is 2. The number of ether oxygens (including phenoxy) is 1. The number of thiazole rings is 1. The lowest BCUT2D eigenvalue weighted by Crippen LogP contribution is -2.55. The van der Waals surface area contributed by atoms with Gasteiger partial charge in [-0.15, -0.1) is 0 Å². The van der Waals surface area contributed by atoms with Crippen LogP contribution in [0.1, 0.15) is 17.7 Å². The monoisotopic (exact) mass is 263 g/mol. The average molecular weight is 263 g/mol. The van der Waals surface area contributed by atoms with Crippen molar-refractivity contribution in [2.75, 3.05) is 26.1 Å². The number of hydrogen-bond acceptors (Lipinski definition) is 5. The van der Waals surface area contributed by atoms with Crippen LogP contribution in [0.3, 0.4) is 0 Å². The summed E-state index contributed by atoms with van der Waals surface area (Å²) in [6, 6.07) is 0. The largest absolute Gasteiger partial charge is 0.480 e. The van der Waals surface area contributed by atoms with Gasteiger partial charge in [0.2, 0.25) is 5.88 Å². The fourth-order valence-corrected chi connectivity index (χ4v) is 3.03. The molecule has 0 radical (unpaired) electrons. The summed E-state index contributed by atoms with van der Waals surface area (Å²) in [5.41, 5.74) is 4.98. The lowest BCUT2D eigenvalue weighted by Gasteiger charge is -2.43. The maximum Gasteiger partial charge on any atom is 0.252 e. The number of alkyl halides is 2. The van der Waals surface area contributed by atoms with Crippen molar-refractivity contribution < 1.29 is 13.5 Å².